The van der Waals surface area contributed by atoms with Crippen LogP contribution in [0.5, 0.6) is 5.88 Å². The van der Waals surface area contributed by atoms with Gasteiger partial charge in [-0.05, 0) is 48.3 Å². The molecule has 2 heterocycles. The van der Waals surface area contributed by atoms with Crippen molar-refractivity contribution in [3.8, 4) is 5.88 Å². The number of hydrogen-bond acceptors (Lipinski definition) is 7. The first-order valence-corrected chi connectivity index (χ1v) is 10.7. The Morgan fingerprint density at radius 2 is 1.97 bits per heavy atom. The SMILES string of the molecule is CC(C)(OC(=O)C(F)(F)F)n1c(N2CCC(N)C2)nc(OCc2ccc(F)cc2F)c(Br)c1=O. The van der Waals surface area contributed by atoms with Crippen LogP contribution in [0.2, 0.25) is 0 Å². The van der Waals surface area contributed by atoms with Gasteiger partial charge in [0.05, 0.1) is 0 Å². The topological polar surface area (TPSA) is 99.7 Å². The molecule has 14 heteroatoms. The van der Waals surface area contributed by atoms with E-state index in [1.54, 1.807) is 0 Å². The van der Waals surface area contributed by atoms with Gasteiger partial charge in [-0.15, -0.1) is 0 Å². The van der Waals surface area contributed by atoms with E-state index in [4.69, 9.17) is 10.5 Å². The zero-order valence-electron chi connectivity index (χ0n) is 18.0. The van der Waals surface area contributed by atoms with Gasteiger partial charge in [-0.25, -0.2) is 18.1 Å². The van der Waals surface area contributed by atoms with E-state index in [2.05, 4.69) is 25.7 Å². The second-order valence-corrected chi connectivity index (χ2v) is 8.82. The van der Waals surface area contributed by atoms with Crippen LogP contribution in [0.1, 0.15) is 25.8 Å². The molecule has 1 unspecified atom stereocenters. The first kappa shape index (κ1) is 25.9. The molecular weight excluding hydrogens is 535 g/mol. The summed E-state index contributed by atoms with van der Waals surface area (Å²) in [5, 5.41) is 0. The molecule has 1 aromatic heterocycles. The average Bonchev–Trinajstić information content (AvgIpc) is 3.15. The molecule has 0 bridgehead atoms. The summed E-state index contributed by atoms with van der Waals surface area (Å²) in [6.07, 6.45) is -4.78. The number of carbonyl (C=O) groups excluding carboxylic acids is 1. The number of hydrogen-bond donors (Lipinski definition) is 1. The van der Waals surface area contributed by atoms with Crippen LogP contribution in [0, 0.1) is 11.6 Å². The minimum Gasteiger partial charge on any atom is -0.472 e. The predicted molar refractivity (Wildman–Crippen MR) is 113 cm³/mol. The van der Waals surface area contributed by atoms with Crippen molar-refractivity contribution < 1.29 is 36.2 Å². The molecule has 2 N–H and O–H groups in total. The molecule has 8 nitrogen and oxygen atoms in total. The Balaban J connectivity index is 2.04. The fraction of sp³-hybridized carbons (Fsp3) is 0.450. The van der Waals surface area contributed by atoms with E-state index in [-0.39, 0.29) is 34.5 Å². The van der Waals surface area contributed by atoms with E-state index in [0.29, 0.717) is 19.0 Å². The molecule has 2 aromatic rings. The fourth-order valence-corrected chi connectivity index (χ4v) is 3.73. The minimum absolute atomic E-state index is 0.0246. The van der Waals surface area contributed by atoms with Crippen molar-refractivity contribution in [2.24, 2.45) is 5.73 Å². The van der Waals surface area contributed by atoms with E-state index < -0.39 is 41.7 Å². The van der Waals surface area contributed by atoms with Gasteiger partial charge in [0, 0.05) is 30.8 Å². The Morgan fingerprint density at radius 1 is 1.29 bits per heavy atom. The standard InChI is InChI=1S/C20H20BrF5N4O4/c1-19(2,34-17(32)20(24,25)26)30-16(31)14(21)15(28-18(30)29-6-5-12(27)8-29)33-9-10-3-4-11(22)7-13(10)23/h3-4,7,12H,5-6,8-9,27H2,1-2H3. The lowest BCUT2D eigenvalue weighted by Gasteiger charge is -2.32. The first-order chi connectivity index (χ1) is 15.7. The summed E-state index contributed by atoms with van der Waals surface area (Å²) in [4.78, 5) is 30.5. The first-order valence-electron chi connectivity index (χ1n) is 9.91. The molecule has 0 aliphatic carbocycles. The predicted octanol–water partition coefficient (Wildman–Crippen LogP) is 3.20. The van der Waals surface area contributed by atoms with Crippen LogP contribution in [0.25, 0.3) is 0 Å². The molecule has 0 saturated carbocycles. The van der Waals surface area contributed by atoms with Gasteiger partial charge in [0.15, 0.2) is 5.72 Å². The third-order valence-corrected chi connectivity index (χ3v) is 5.66. The second-order valence-electron chi connectivity index (χ2n) is 8.02. The Labute approximate surface area is 198 Å². The molecule has 3 rings (SSSR count). The van der Waals surface area contributed by atoms with E-state index in [0.717, 1.165) is 30.5 Å². The van der Waals surface area contributed by atoms with Crippen molar-refractivity contribution in [3.63, 3.8) is 0 Å². The van der Waals surface area contributed by atoms with Gasteiger partial charge in [-0.3, -0.25) is 4.79 Å². The lowest BCUT2D eigenvalue weighted by Crippen LogP contribution is -2.46. The third-order valence-electron chi connectivity index (χ3n) is 4.98. The molecule has 1 aliphatic rings. The zero-order chi connectivity index (χ0) is 25.4. The molecule has 34 heavy (non-hydrogen) atoms. The number of nitrogens with zero attached hydrogens (tertiary/aromatic N) is 3. The van der Waals surface area contributed by atoms with Crippen LogP contribution in [0.3, 0.4) is 0 Å². The summed E-state index contributed by atoms with van der Waals surface area (Å²) in [5.41, 5.74) is 2.88. The number of nitrogens with two attached hydrogens (primary N) is 1. The second kappa shape index (κ2) is 9.49. The maximum atomic E-state index is 14.0. The van der Waals surface area contributed by atoms with E-state index in [1.807, 2.05) is 0 Å². The van der Waals surface area contributed by atoms with Gasteiger partial charge in [0.25, 0.3) is 5.56 Å². The Morgan fingerprint density at radius 3 is 2.53 bits per heavy atom. The van der Waals surface area contributed by atoms with Crippen molar-refractivity contribution in [2.75, 3.05) is 18.0 Å². The van der Waals surface area contributed by atoms with Crippen LogP contribution in [-0.4, -0.2) is 40.8 Å². The molecule has 1 aromatic carbocycles. The number of benzene rings is 1. The number of carbonyl (C=O) groups is 1. The van der Waals surface area contributed by atoms with Gasteiger partial charge in [-0.1, -0.05) is 0 Å². The van der Waals surface area contributed by atoms with Crippen LogP contribution in [-0.2, 0) is 21.9 Å². The highest BCUT2D eigenvalue weighted by Gasteiger charge is 2.46. The van der Waals surface area contributed by atoms with Gasteiger partial charge >= 0.3 is 12.1 Å². The number of rotatable bonds is 6. The van der Waals surface area contributed by atoms with Crippen molar-refractivity contribution in [1.29, 1.82) is 0 Å². The molecule has 186 valence electrons. The molecule has 0 amide bonds. The normalized spacial score (nSPS) is 16.6. The number of ether oxygens (including phenoxy) is 2. The van der Waals surface area contributed by atoms with Crippen molar-refractivity contribution >= 4 is 27.8 Å². The summed E-state index contributed by atoms with van der Waals surface area (Å²) in [5.74, 6) is -4.60. The van der Waals surface area contributed by atoms with Gasteiger partial charge in [0.2, 0.25) is 11.8 Å². The van der Waals surface area contributed by atoms with Crippen molar-refractivity contribution in [3.05, 3.63) is 50.2 Å². The fourth-order valence-electron chi connectivity index (χ4n) is 3.35. The third kappa shape index (κ3) is 5.49. The summed E-state index contributed by atoms with van der Waals surface area (Å²) >= 11 is 3.01. The van der Waals surface area contributed by atoms with E-state index >= 15 is 0 Å². The molecule has 1 atom stereocenters. The van der Waals surface area contributed by atoms with E-state index in [1.165, 1.54) is 4.90 Å². The number of alkyl halides is 3. The smallest absolute Gasteiger partial charge is 0.472 e. The molecule has 1 saturated heterocycles. The van der Waals surface area contributed by atoms with Gasteiger partial charge in [0.1, 0.15) is 22.7 Å². The zero-order valence-corrected chi connectivity index (χ0v) is 19.5. The number of anilines is 1. The van der Waals surface area contributed by atoms with Crippen molar-refractivity contribution in [2.45, 2.75) is 44.8 Å². The van der Waals surface area contributed by atoms with Crippen molar-refractivity contribution in [1.82, 2.24) is 9.55 Å². The highest BCUT2D eigenvalue weighted by atomic mass is 79.9. The number of aromatic nitrogens is 2. The molecule has 0 spiro atoms. The number of esters is 1. The van der Waals surface area contributed by atoms with Crippen LogP contribution < -0.4 is 20.9 Å². The quantitative estimate of drug-likeness (QED) is 0.432. The lowest BCUT2D eigenvalue weighted by atomic mass is 10.2. The Kier molecular flexibility index (Phi) is 7.22. The summed E-state index contributed by atoms with van der Waals surface area (Å²) in [6.45, 7) is 2.29. The minimum atomic E-state index is -5.29. The van der Waals surface area contributed by atoms with Gasteiger partial charge in [-0.2, -0.15) is 18.2 Å². The van der Waals surface area contributed by atoms with Gasteiger partial charge < -0.3 is 20.1 Å². The van der Waals surface area contributed by atoms with E-state index in [9.17, 15) is 31.5 Å². The lowest BCUT2D eigenvalue weighted by molar-refractivity contribution is -0.219. The maximum Gasteiger partial charge on any atom is 0.491 e. The molecule has 1 fully saturated rings. The average molecular weight is 555 g/mol. The maximum absolute atomic E-state index is 14.0. The highest BCUT2D eigenvalue weighted by molar-refractivity contribution is 9.10. The van der Waals surface area contributed by atoms with Crippen LogP contribution in [0.4, 0.5) is 27.9 Å². The Hall–Kier alpha value is -2.74. The molecule has 1 aliphatic heterocycles. The summed E-state index contributed by atoms with van der Waals surface area (Å²) in [7, 11) is 0. The molecular formula is C20H20BrF5N4O4. The highest BCUT2D eigenvalue weighted by Crippen LogP contribution is 2.31. The van der Waals surface area contributed by atoms with Crippen LogP contribution >= 0.6 is 15.9 Å². The Bertz CT molecular complexity index is 1160. The summed E-state index contributed by atoms with van der Waals surface area (Å²) < 4.78 is 76.1. The largest absolute Gasteiger partial charge is 0.491 e. The monoisotopic (exact) mass is 554 g/mol. The molecule has 0 radical (unpaired) electrons. The number of halogens is 6. The summed E-state index contributed by atoms with van der Waals surface area (Å²) in [6, 6.07) is 2.54. The van der Waals surface area contributed by atoms with Crippen LogP contribution in [0.15, 0.2) is 27.5 Å².